The summed E-state index contributed by atoms with van der Waals surface area (Å²) in [7, 11) is 0. The first kappa shape index (κ1) is 17.7. The van der Waals surface area contributed by atoms with Gasteiger partial charge in [-0.15, -0.1) is 0 Å². The molecule has 0 aliphatic heterocycles. The van der Waals surface area contributed by atoms with Crippen LogP contribution in [0, 0.1) is 13.8 Å². The SMILES string of the molecule is CCc1cccc(C)c1NC(=O)C(C)OC(=O)c1cccc(C)c1. The predicted molar refractivity (Wildman–Crippen MR) is 95.2 cm³/mol. The molecule has 0 spiro atoms. The summed E-state index contributed by atoms with van der Waals surface area (Å²) >= 11 is 0. The molecule has 2 aromatic rings. The van der Waals surface area contributed by atoms with Gasteiger partial charge in [-0.25, -0.2) is 4.79 Å². The molecule has 4 nitrogen and oxygen atoms in total. The number of rotatable bonds is 5. The molecule has 2 aromatic carbocycles. The average molecular weight is 325 g/mol. The third-order valence-electron chi connectivity index (χ3n) is 3.90. The Morgan fingerprint density at radius 1 is 1.12 bits per heavy atom. The van der Waals surface area contributed by atoms with Gasteiger partial charge in [0.1, 0.15) is 0 Å². The van der Waals surface area contributed by atoms with E-state index in [1.54, 1.807) is 25.1 Å². The molecule has 4 heteroatoms. The van der Waals surface area contributed by atoms with E-state index < -0.39 is 12.1 Å². The molecule has 1 N–H and O–H groups in total. The zero-order chi connectivity index (χ0) is 17.7. The number of amides is 1. The maximum absolute atomic E-state index is 12.4. The highest BCUT2D eigenvalue weighted by atomic mass is 16.5. The lowest BCUT2D eigenvalue weighted by molar-refractivity contribution is -0.123. The van der Waals surface area contributed by atoms with Gasteiger partial charge in [0.2, 0.25) is 0 Å². The minimum absolute atomic E-state index is 0.333. The summed E-state index contributed by atoms with van der Waals surface area (Å²) in [6, 6.07) is 13.0. The Hall–Kier alpha value is -2.62. The first-order valence-corrected chi connectivity index (χ1v) is 8.09. The van der Waals surface area contributed by atoms with Crippen LogP contribution in [0.3, 0.4) is 0 Å². The summed E-state index contributed by atoms with van der Waals surface area (Å²) in [5, 5.41) is 2.88. The molecule has 0 fully saturated rings. The van der Waals surface area contributed by atoms with Gasteiger partial charge in [0.25, 0.3) is 5.91 Å². The number of hydrogen-bond acceptors (Lipinski definition) is 3. The number of para-hydroxylation sites is 1. The molecule has 0 saturated carbocycles. The lowest BCUT2D eigenvalue weighted by atomic mass is 10.1. The Balaban J connectivity index is 2.06. The van der Waals surface area contributed by atoms with E-state index in [-0.39, 0.29) is 5.91 Å². The van der Waals surface area contributed by atoms with E-state index in [2.05, 4.69) is 5.32 Å². The van der Waals surface area contributed by atoms with Gasteiger partial charge < -0.3 is 10.1 Å². The van der Waals surface area contributed by atoms with Crippen LogP contribution in [0.1, 0.15) is 40.9 Å². The maximum atomic E-state index is 12.4. The fourth-order valence-corrected chi connectivity index (χ4v) is 2.48. The van der Waals surface area contributed by atoms with Crippen molar-refractivity contribution < 1.29 is 14.3 Å². The summed E-state index contributed by atoms with van der Waals surface area (Å²) in [5.74, 6) is -0.832. The summed E-state index contributed by atoms with van der Waals surface area (Å²) in [4.78, 5) is 24.5. The van der Waals surface area contributed by atoms with Crippen LogP contribution >= 0.6 is 0 Å². The number of nitrogens with one attached hydrogen (secondary N) is 1. The van der Waals surface area contributed by atoms with E-state index in [4.69, 9.17) is 4.74 Å². The fourth-order valence-electron chi connectivity index (χ4n) is 2.48. The van der Waals surface area contributed by atoms with E-state index in [1.807, 2.05) is 45.0 Å². The molecule has 24 heavy (non-hydrogen) atoms. The number of carbonyl (C=O) groups excluding carboxylic acids is 2. The molecular formula is C20H23NO3. The first-order chi connectivity index (χ1) is 11.4. The molecular weight excluding hydrogens is 302 g/mol. The highest BCUT2D eigenvalue weighted by molar-refractivity contribution is 5.98. The van der Waals surface area contributed by atoms with E-state index in [0.717, 1.165) is 28.8 Å². The van der Waals surface area contributed by atoms with Crippen LogP contribution in [-0.4, -0.2) is 18.0 Å². The molecule has 0 saturated heterocycles. The Morgan fingerprint density at radius 2 is 1.83 bits per heavy atom. The first-order valence-electron chi connectivity index (χ1n) is 8.09. The zero-order valence-electron chi connectivity index (χ0n) is 14.6. The Kier molecular flexibility index (Phi) is 5.74. The molecule has 1 unspecified atom stereocenters. The van der Waals surface area contributed by atoms with Crippen LogP contribution in [0.25, 0.3) is 0 Å². The van der Waals surface area contributed by atoms with E-state index >= 15 is 0 Å². The Bertz CT molecular complexity index is 752. The van der Waals surface area contributed by atoms with Crippen molar-refractivity contribution in [3.63, 3.8) is 0 Å². The molecule has 1 atom stereocenters. The number of anilines is 1. The normalized spacial score (nSPS) is 11.7. The molecule has 0 aliphatic carbocycles. The number of aryl methyl sites for hydroxylation is 3. The topological polar surface area (TPSA) is 55.4 Å². The number of esters is 1. The lowest BCUT2D eigenvalue weighted by Gasteiger charge is -2.17. The van der Waals surface area contributed by atoms with Crippen LogP contribution in [0.15, 0.2) is 42.5 Å². The van der Waals surface area contributed by atoms with Gasteiger partial charge >= 0.3 is 5.97 Å². The summed E-state index contributed by atoms with van der Waals surface area (Å²) < 4.78 is 5.29. The largest absolute Gasteiger partial charge is 0.449 e. The Labute approximate surface area is 142 Å². The monoisotopic (exact) mass is 325 g/mol. The van der Waals surface area contributed by atoms with E-state index in [9.17, 15) is 9.59 Å². The molecule has 0 bridgehead atoms. The number of benzene rings is 2. The molecule has 2 rings (SSSR count). The highest BCUT2D eigenvalue weighted by Gasteiger charge is 2.20. The third kappa shape index (κ3) is 4.22. The van der Waals surface area contributed by atoms with Gasteiger partial charge in [-0.2, -0.15) is 0 Å². The molecule has 0 radical (unpaired) electrons. The van der Waals surface area contributed by atoms with Crippen LogP contribution < -0.4 is 5.32 Å². The Morgan fingerprint density at radius 3 is 2.50 bits per heavy atom. The quantitative estimate of drug-likeness (QED) is 0.844. The maximum Gasteiger partial charge on any atom is 0.338 e. The van der Waals surface area contributed by atoms with Gasteiger partial charge in [-0.3, -0.25) is 4.79 Å². The molecule has 0 aliphatic rings. The van der Waals surface area contributed by atoms with Crippen molar-refractivity contribution >= 4 is 17.6 Å². The zero-order valence-corrected chi connectivity index (χ0v) is 14.6. The van der Waals surface area contributed by atoms with Crippen molar-refractivity contribution in [2.75, 3.05) is 5.32 Å². The third-order valence-corrected chi connectivity index (χ3v) is 3.90. The second-order valence-electron chi connectivity index (χ2n) is 5.87. The van der Waals surface area contributed by atoms with Crippen molar-refractivity contribution in [2.24, 2.45) is 0 Å². The van der Waals surface area contributed by atoms with Crippen LogP contribution in [0.5, 0.6) is 0 Å². The van der Waals surface area contributed by atoms with Gasteiger partial charge in [-0.05, 0) is 50.5 Å². The molecule has 0 aromatic heterocycles. The number of hydrogen-bond donors (Lipinski definition) is 1. The highest BCUT2D eigenvalue weighted by Crippen LogP contribution is 2.21. The smallest absolute Gasteiger partial charge is 0.338 e. The summed E-state index contributed by atoms with van der Waals surface area (Å²) in [6.45, 7) is 7.45. The van der Waals surface area contributed by atoms with E-state index in [0.29, 0.717) is 5.56 Å². The van der Waals surface area contributed by atoms with Gasteiger partial charge in [-0.1, -0.05) is 42.8 Å². The molecule has 126 valence electrons. The summed E-state index contributed by atoms with van der Waals surface area (Å²) in [6.07, 6.45) is -0.0586. The molecule has 1 amide bonds. The van der Waals surface area contributed by atoms with Gasteiger partial charge in [0.15, 0.2) is 6.10 Å². The minimum atomic E-state index is -0.873. The van der Waals surface area contributed by atoms with Gasteiger partial charge in [0, 0.05) is 5.69 Å². The second kappa shape index (κ2) is 7.77. The van der Waals surface area contributed by atoms with Crippen LogP contribution in [0.4, 0.5) is 5.69 Å². The fraction of sp³-hybridized carbons (Fsp3) is 0.300. The van der Waals surface area contributed by atoms with Crippen molar-refractivity contribution in [2.45, 2.75) is 40.2 Å². The molecule has 0 heterocycles. The van der Waals surface area contributed by atoms with Gasteiger partial charge in [0.05, 0.1) is 5.56 Å². The van der Waals surface area contributed by atoms with Crippen molar-refractivity contribution in [3.8, 4) is 0 Å². The minimum Gasteiger partial charge on any atom is -0.449 e. The summed E-state index contributed by atoms with van der Waals surface area (Å²) in [5.41, 5.74) is 4.25. The lowest BCUT2D eigenvalue weighted by Crippen LogP contribution is -2.30. The number of carbonyl (C=O) groups is 2. The second-order valence-corrected chi connectivity index (χ2v) is 5.87. The predicted octanol–water partition coefficient (Wildman–Crippen LogP) is 4.05. The average Bonchev–Trinajstić information content (AvgIpc) is 2.56. The van der Waals surface area contributed by atoms with Crippen molar-refractivity contribution in [1.29, 1.82) is 0 Å². The van der Waals surface area contributed by atoms with E-state index in [1.165, 1.54) is 0 Å². The number of ether oxygens (including phenoxy) is 1. The van der Waals surface area contributed by atoms with Crippen LogP contribution in [0.2, 0.25) is 0 Å². The van der Waals surface area contributed by atoms with Crippen molar-refractivity contribution in [1.82, 2.24) is 0 Å². The standard InChI is InChI=1S/C20H23NO3/c1-5-16-10-7-9-14(3)18(16)21-19(22)15(4)24-20(23)17-11-6-8-13(2)12-17/h6-12,15H,5H2,1-4H3,(H,21,22). The van der Waals surface area contributed by atoms with Crippen LogP contribution in [-0.2, 0) is 16.0 Å². The van der Waals surface area contributed by atoms with Crippen molar-refractivity contribution in [3.05, 3.63) is 64.7 Å².